The largest absolute Gasteiger partial charge is 0.360 e. The summed E-state index contributed by atoms with van der Waals surface area (Å²) in [6, 6.07) is 2.43. The Morgan fingerprint density at radius 2 is 2.00 bits per heavy atom. The van der Waals surface area contributed by atoms with Crippen molar-refractivity contribution in [2.24, 2.45) is 0 Å². The highest BCUT2D eigenvalue weighted by Crippen LogP contribution is 2.27. The summed E-state index contributed by atoms with van der Waals surface area (Å²) in [6.07, 6.45) is 1.57. The maximum absolute atomic E-state index is 13.0. The minimum absolute atomic E-state index is 0.268. The van der Waals surface area contributed by atoms with Gasteiger partial charge in [0.2, 0.25) is 0 Å². The fraction of sp³-hybridized carbons (Fsp3) is 0. The summed E-state index contributed by atoms with van der Waals surface area (Å²) in [6.45, 7) is 0. The molecule has 4 heteroatoms. The smallest absolute Gasteiger partial charge is 0.142 e. The zero-order valence-corrected chi connectivity index (χ0v) is 7.45. The van der Waals surface area contributed by atoms with E-state index in [-0.39, 0.29) is 4.47 Å². The first-order valence-corrected chi connectivity index (χ1v) is 4.10. The van der Waals surface area contributed by atoms with Gasteiger partial charge in [0.25, 0.3) is 0 Å². The zero-order valence-electron chi connectivity index (χ0n) is 5.87. The van der Waals surface area contributed by atoms with Crippen LogP contribution in [0.5, 0.6) is 0 Å². The maximum Gasteiger partial charge on any atom is 0.142 e. The van der Waals surface area contributed by atoms with Gasteiger partial charge in [-0.3, -0.25) is 0 Å². The molecule has 62 valence electrons. The highest BCUT2D eigenvalue weighted by molar-refractivity contribution is 9.10. The van der Waals surface area contributed by atoms with Crippen LogP contribution in [-0.4, -0.2) is 4.98 Å². The third kappa shape index (κ3) is 0.948. The Morgan fingerprint density at radius 1 is 1.25 bits per heavy atom. The number of fused-ring (bicyclic) bond motifs is 1. The molecule has 0 aliphatic rings. The highest BCUT2D eigenvalue weighted by Gasteiger charge is 2.09. The van der Waals surface area contributed by atoms with Crippen LogP contribution < -0.4 is 0 Å². The second-order valence-electron chi connectivity index (χ2n) is 2.42. The molecule has 1 nitrogen and oxygen atoms in total. The van der Waals surface area contributed by atoms with Gasteiger partial charge in [-0.25, -0.2) is 8.78 Å². The summed E-state index contributed by atoms with van der Waals surface area (Å²) in [7, 11) is 0. The number of hydrogen-bond donors (Lipinski definition) is 1. The second-order valence-corrected chi connectivity index (χ2v) is 3.21. The van der Waals surface area contributed by atoms with Crippen molar-refractivity contribution in [2.75, 3.05) is 0 Å². The SMILES string of the molecule is Fc1cc(F)c2cc[nH]c2c1Br. The van der Waals surface area contributed by atoms with Gasteiger partial charge < -0.3 is 4.98 Å². The lowest BCUT2D eigenvalue weighted by Gasteiger charge is -1.97. The standard InChI is InChI=1S/C8H4BrF2N/c9-7-6(11)3-5(10)4-1-2-12-8(4)7/h1-3,12H. The molecule has 0 amide bonds. The van der Waals surface area contributed by atoms with Crippen molar-refractivity contribution in [1.82, 2.24) is 4.98 Å². The molecule has 1 aromatic heterocycles. The van der Waals surface area contributed by atoms with Gasteiger partial charge in [0.15, 0.2) is 0 Å². The molecule has 2 aromatic rings. The first kappa shape index (κ1) is 7.73. The van der Waals surface area contributed by atoms with E-state index in [4.69, 9.17) is 0 Å². The summed E-state index contributed by atoms with van der Waals surface area (Å²) in [5.41, 5.74) is 0.451. The Morgan fingerprint density at radius 3 is 2.75 bits per heavy atom. The maximum atomic E-state index is 13.0. The molecule has 0 bridgehead atoms. The number of rotatable bonds is 0. The molecule has 0 aliphatic heterocycles. The number of aromatic nitrogens is 1. The van der Waals surface area contributed by atoms with Crippen LogP contribution in [0.25, 0.3) is 10.9 Å². The van der Waals surface area contributed by atoms with E-state index in [1.54, 1.807) is 12.3 Å². The minimum atomic E-state index is -0.595. The van der Waals surface area contributed by atoms with Gasteiger partial charge >= 0.3 is 0 Å². The van der Waals surface area contributed by atoms with Crippen molar-refractivity contribution in [3.05, 3.63) is 34.4 Å². The summed E-state index contributed by atoms with van der Waals surface area (Å²) in [5, 5.41) is 0.392. The Kier molecular flexibility index (Phi) is 1.65. The number of nitrogens with one attached hydrogen (secondary N) is 1. The molecule has 1 aromatic carbocycles. The molecule has 0 spiro atoms. The van der Waals surface area contributed by atoms with Gasteiger partial charge in [-0.15, -0.1) is 0 Å². The predicted molar refractivity (Wildman–Crippen MR) is 45.9 cm³/mol. The lowest BCUT2D eigenvalue weighted by molar-refractivity contribution is 0.588. The molecule has 12 heavy (non-hydrogen) atoms. The van der Waals surface area contributed by atoms with Gasteiger partial charge in [0.05, 0.1) is 9.99 Å². The Labute approximate surface area is 75.5 Å². The van der Waals surface area contributed by atoms with Crippen LogP contribution in [0.2, 0.25) is 0 Å². The van der Waals surface area contributed by atoms with Crippen LogP contribution in [0.1, 0.15) is 0 Å². The lowest BCUT2D eigenvalue weighted by atomic mass is 10.2. The number of benzene rings is 1. The average Bonchev–Trinajstić information content (AvgIpc) is 2.48. The summed E-state index contributed by atoms with van der Waals surface area (Å²) < 4.78 is 26.1. The molecular weight excluding hydrogens is 228 g/mol. The van der Waals surface area contributed by atoms with Crippen LogP contribution in [0.15, 0.2) is 22.8 Å². The van der Waals surface area contributed by atoms with E-state index in [0.29, 0.717) is 10.9 Å². The third-order valence-corrected chi connectivity index (χ3v) is 2.46. The molecule has 1 N–H and O–H groups in total. The summed E-state index contributed by atoms with van der Waals surface area (Å²) in [5.74, 6) is -1.14. The van der Waals surface area contributed by atoms with Crippen LogP contribution in [0.3, 0.4) is 0 Å². The van der Waals surface area contributed by atoms with Crippen LogP contribution in [-0.2, 0) is 0 Å². The first-order chi connectivity index (χ1) is 5.70. The van der Waals surface area contributed by atoms with E-state index in [1.165, 1.54) is 0 Å². The topological polar surface area (TPSA) is 15.8 Å². The molecule has 0 aliphatic carbocycles. The molecule has 0 radical (unpaired) electrons. The van der Waals surface area contributed by atoms with E-state index < -0.39 is 11.6 Å². The number of aromatic amines is 1. The van der Waals surface area contributed by atoms with Crippen molar-refractivity contribution in [1.29, 1.82) is 0 Å². The van der Waals surface area contributed by atoms with E-state index >= 15 is 0 Å². The van der Waals surface area contributed by atoms with E-state index in [9.17, 15) is 8.78 Å². The Hall–Kier alpha value is -0.900. The Balaban J connectivity index is 2.97. The van der Waals surface area contributed by atoms with Gasteiger partial charge in [-0.05, 0) is 22.0 Å². The van der Waals surface area contributed by atoms with Crippen molar-refractivity contribution >= 4 is 26.8 Å². The molecule has 0 unspecified atom stereocenters. The van der Waals surface area contributed by atoms with Crippen molar-refractivity contribution in [3.63, 3.8) is 0 Å². The zero-order chi connectivity index (χ0) is 8.72. The number of hydrogen-bond acceptors (Lipinski definition) is 0. The molecule has 0 saturated heterocycles. The van der Waals surface area contributed by atoms with Crippen molar-refractivity contribution in [2.45, 2.75) is 0 Å². The number of H-pyrrole nitrogens is 1. The van der Waals surface area contributed by atoms with E-state index in [0.717, 1.165) is 6.07 Å². The first-order valence-electron chi connectivity index (χ1n) is 3.30. The van der Waals surface area contributed by atoms with Crippen LogP contribution >= 0.6 is 15.9 Å². The van der Waals surface area contributed by atoms with Gasteiger partial charge in [0.1, 0.15) is 11.6 Å². The van der Waals surface area contributed by atoms with Crippen LogP contribution in [0, 0.1) is 11.6 Å². The van der Waals surface area contributed by atoms with E-state index in [1.807, 2.05) is 0 Å². The second kappa shape index (κ2) is 2.55. The molecule has 0 atom stereocenters. The fourth-order valence-electron chi connectivity index (χ4n) is 1.12. The van der Waals surface area contributed by atoms with Crippen molar-refractivity contribution in [3.8, 4) is 0 Å². The highest BCUT2D eigenvalue weighted by atomic mass is 79.9. The molecule has 1 heterocycles. The molecular formula is C8H4BrF2N. The molecule has 2 rings (SSSR count). The molecule has 0 saturated carbocycles. The third-order valence-electron chi connectivity index (χ3n) is 1.69. The fourth-order valence-corrected chi connectivity index (χ4v) is 1.56. The van der Waals surface area contributed by atoms with Gasteiger partial charge in [0, 0.05) is 17.6 Å². The number of halogens is 3. The monoisotopic (exact) mass is 231 g/mol. The van der Waals surface area contributed by atoms with E-state index in [2.05, 4.69) is 20.9 Å². The Bertz CT molecular complexity index is 436. The lowest BCUT2D eigenvalue weighted by Crippen LogP contribution is -1.83. The quantitative estimate of drug-likeness (QED) is 0.671. The molecule has 0 fully saturated rings. The predicted octanol–water partition coefficient (Wildman–Crippen LogP) is 3.21. The van der Waals surface area contributed by atoms with Gasteiger partial charge in [-0.1, -0.05) is 0 Å². The average molecular weight is 232 g/mol. The normalized spacial score (nSPS) is 10.9. The summed E-state index contributed by atoms with van der Waals surface area (Å²) in [4.78, 5) is 2.74. The van der Waals surface area contributed by atoms with Gasteiger partial charge in [-0.2, -0.15) is 0 Å². The van der Waals surface area contributed by atoms with Crippen molar-refractivity contribution < 1.29 is 8.78 Å². The summed E-state index contributed by atoms with van der Waals surface area (Å²) >= 11 is 3.02. The minimum Gasteiger partial charge on any atom is -0.360 e. The van der Waals surface area contributed by atoms with Crippen LogP contribution in [0.4, 0.5) is 8.78 Å².